The molecule has 0 aliphatic rings. The van der Waals surface area contributed by atoms with Crippen molar-refractivity contribution in [1.82, 2.24) is 4.98 Å². The minimum atomic E-state index is -0.258. The molecule has 0 atom stereocenters. The van der Waals surface area contributed by atoms with Crippen molar-refractivity contribution in [2.24, 2.45) is 0 Å². The number of hydrogen-bond acceptors (Lipinski definition) is 3. The molecule has 2 aromatic carbocycles. The Kier molecular flexibility index (Phi) is 3.48. The quantitative estimate of drug-likeness (QED) is 0.791. The highest BCUT2D eigenvalue weighted by Gasteiger charge is 2.08. The Bertz CT molecular complexity index is 820. The van der Waals surface area contributed by atoms with Crippen LogP contribution in [0.15, 0.2) is 54.7 Å². The highest BCUT2D eigenvalue weighted by Crippen LogP contribution is 2.25. The average molecular weight is 277 g/mol. The van der Waals surface area contributed by atoms with Crippen LogP contribution in [0.4, 0.5) is 10.1 Å². The van der Waals surface area contributed by atoms with Crippen molar-refractivity contribution in [3.05, 3.63) is 71.7 Å². The van der Waals surface area contributed by atoms with Gasteiger partial charge in [0.15, 0.2) is 0 Å². The minimum absolute atomic E-state index is 0.258. The van der Waals surface area contributed by atoms with Gasteiger partial charge < -0.3 is 5.32 Å². The molecule has 3 aromatic rings. The Balaban J connectivity index is 1.95. The number of para-hydroxylation sites is 1. The van der Waals surface area contributed by atoms with E-state index in [-0.39, 0.29) is 5.82 Å². The van der Waals surface area contributed by atoms with Crippen LogP contribution < -0.4 is 5.32 Å². The van der Waals surface area contributed by atoms with E-state index in [0.29, 0.717) is 12.1 Å². The summed E-state index contributed by atoms with van der Waals surface area (Å²) in [6.45, 7) is 0.517. The van der Waals surface area contributed by atoms with E-state index in [0.717, 1.165) is 22.2 Å². The zero-order chi connectivity index (χ0) is 14.7. The summed E-state index contributed by atoms with van der Waals surface area (Å²) in [7, 11) is 0. The molecule has 4 heteroatoms. The smallest absolute Gasteiger partial charge is 0.123 e. The summed E-state index contributed by atoms with van der Waals surface area (Å²) in [6, 6.07) is 16.1. The van der Waals surface area contributed by atoms with E-state index in [9.17, 15) is 9.65 Å². The summed E-state index contributed by atoms with van der Waals surface area (Å²) in [5, 5.41) is 13.4. The third-order valence-corrected chi connectivity index (χ3v) is 3.28. The van der Waals surface area contributed by atoms with E-state index in [2.05, 4.69) is 16.4 Å². The molecule has 0 aliphatic carbocycles. The molecule has 0 amide bonds. The number of halogens is 1. The molecule has 0 saturated carbocycles. The van der Waals surface area contributed by atoms with Gasteiger partial charge in [0.1, 0.15) is 11.9 Å². The number of hydrogen-bond donors (Lipinski definition) is 1. The van der Waals surface area contributed by atoms with Gasteiger partial charge in [-0.25, -0.2) is 4.39 Å². The molecule has 1 aromatic heterocycles. The van der Waals surface area contributed by atoms with Crippen molar-refractivity contribution in [1.29, 1.82) is 5.26 Å². The van der Waals surface area contributed by atoms with Gasteiger partial charge >= 0.3 is 0 Å². The number of nitrogens with zero attached hydrogens (tertiary/aromatic N) is 2. The highest BCUT2D eigenvalue weighted by atomic mass is 19.1. The molecule has 102 valence electrons. The Morgan fingerprint density at radius 3 is 2.62 bits per heavy atom. The standard InChI is InChI=1S/C17H12FN3/c18-14-7-5-12(6-8-14)10-21-17-13(9-19)11-20-16-4-2-1-3-15(16)17/h1-8,11H,10H2,(H,20,21). The first kappa shape index (κ1) is 13.1. The van der Waals surface area contributed by atoms with Crippen LogP contribution in [0.5, 0.6) is 0 Å². The zero-order valence-electron chi connectivity index (χ0n) is 11.2. The first-order valence-corrected chi connectivity index (χ1v) is 6.54. The lowest BCUT2D eigenvalue weighted by Gasteiger charge is -2.11. The molecule has 0 spiro atoms. The van der Waals surface area contributed by atoms with Crippen LogP contribution in [0.2, 0.25) is 0 Å². The average Bonchev–Trinajstić information content (AvgIpc) is 2.54. The second-order valence-corrected chi connectivity index (χ2v) is 4.66. The van der Waals surface area contributed by atoms with Gasteiger partial charge in [-0.3, -0.25) is 4.98 Å². The minimum Gasteiger partial charge on any atom is -0.379 e. The maximum Gasteiger partial charge on any atom is 0.123 e. The van der Waals surface area contributed by atoms with Crippen LogP contribution in [-0.2, 0) is 6.54 Å². The van der Waals surface area contributed by atoms with Gasteiger partial charge in [-0.05, 0) is 23.8 Å². The van der Waals surface area contributed by atoms with E-state index in [1.165, 1.54) is 12.1 Å². The SMILES string of the molecule is N#Cc1cnc2ccccc2c1NCc1ccc(F)cc1. The van der Waals surface area contributed by atoms with Crippen LogP contribution in [0.1, 0.15) is 11.1 Å². The first-order chi connectivity index (χ1) is 10.3. The number of fused-ring (bicyclic) bond motifs is 1. The molecular weight excluding hydrogens is 265 g/mol. The van der Waals surface area contributed by atoms with Crippen molar-refractivity contribution in [2.45, 2.75) is 6.54 Å². The predicted molar refractivity (Wildman–Crippen MR) is 80.2 cm³/mol. The number of benzene rings is 2. The maximum absolute atomic E-state index is 12.9. The van der Waals surface area contributed by atoms with Crippen LogP contribution in [0, 0.1) is 17.1 Å². The molecule has 3 rings (SSSR count). The number of aromatic nitrogens is 1. The summed E-state index contributed by atoms with van der Waals surface area (Å²) in [5.41, 5.74) is 3.03. The lowest BCUT2D eigenvalue weighted by molar-refractivity contribution is 0.627. The molecular formula is C17H12FN3. The number of rotatable bonds is 3. The maximum atomic E-state index is 12.9. The summed E-state index contributed by atoms with van der Waals surface area (Å²) in [4.78, 5) is 4.27. The van der Waals surface area contributed by atoms with Crippen molar-refractivity contribution in [3.8, 4) is 6.07 Å². The molecule has 0 bridgehead atoms. The van der Waals surface area contributed by atoms with Crippen LogP contribution in [-0.4, -0.2) is 4.98 Å². The summed E-state index contributed by atoms with van der Waals surface area (Å²) < 4.78 is 12.9. The van der Waals surface area contributed by atoms with Gasteiger partial charge in [0, 0.05) is 18.1 Å². The van der Waals surface area contributed by atoms with Crippen molar-refractivity contribution in [2.75, 3.05) is 5.32 Å². The highest BCUT2D eigenvalue weighted by molar-refractivity contribution is 5.93. The van der Waals surface area contributed by atoms with Gasteiger partial charge in [0.05, 0.1) is 16.8 Å². The number of pyridine rings is 1. The van der Waals surface area contributed by atoms with Crippen LogP contribution in [0.25, 0.3) is 10.9 Å². The molecule has 21 heavy (non-hydrogen) atoms. The Morgan fingerprint density at radius 1 is 1.10 bits per heavy atom. The fourth-order valence-corrected chi connectivity index (χ4v) is 2.21. The molecule has 0 radical (unpaired) electrons. The first-order valence-electron chi connectivity index (χ1n) is 6.54. The molecule has 3 nitrogen and oxygen atoms in total. The summed E-state index contributed by atoms with van der Waals surface area (Å²) >= 11 is 0. The molecule has 0 unspecified atom stereocenters. The lowest BCUT2D eigenvalue weighted by atomic mass is 10.1. The summed E-state index contributed by atoms with van der Waals surface area (Å²) in [6.07, 6.45) is 1.56. The number of anilines is 1. The van der Waals surface area contributed by atoms with Gasteiger partial charge in [-0.15, -0.1) is 0 Å². The largest absolute Gasteiger partial charge is 0.379 e. The fraction of sp³-hybridized carbons (Fsp3) is 0.0588. The van der Waals surface area contributed by atoms with Crippen LogP contribution >= 0.6 is 0 Å². The zero-order valence-corrected chi connectivity index (χ0v) is 11.2. The molecule has 1 N–H and O–H groups in total. The third kappa shape index (κ3) is 2.67. The fourth-order valence-electron chi connectivity index (χ4n) is 2.21. The van der Waals surface area contributed by atoms with Crippen molar-refractivity contribution >= 4 is 16.6 Å². The Morgan fingerprint density at radius 2 is 1.86 bits per heavy atom. The van der Waals surface area contributed by atoms with E-state index in [1.54, 1.807) is 18.3 Å². The van der Waals surface area contributed by atoms with E-state index in [4.69, 9.17) is 0 Å². The van der Waals surface area contributed by atoms with Gasteiger partial charge in [0.2, 0.25) is 0 Å². The topological polar surface area (TPSA) is 48.7 Å². The van der Waals surface area contributed by atoms with Crippen molar-refractivity contribution in [3.63, 3.8) is 0 Å². The second-order valence-electron chi connectivity index (χ2n) is 4.66. The monoisotopic (exact) mass is 277 g/mol. The third-order valence-electron chi connectivity index (χ3n) is 3.28. The number of nitrogens with one attached hydrogen (secondary N) is 1. The Labute approximate surface area is 121 Å². The molecule has 1 heterocycles. The van der Waals surface area contributed by atoms with Gasteiger partial charge in [0.25, 0.3) is 0 Å². The molecule has 0 fully saturated rings. The molecule has 0 aliphatic heterocycles. The lowest BCUT2D eigenvalue weighted by Crippen LogP contribution is -2.03. The number of nitriles is 1. The Hall–Kier alpha value is -2.93. The summed E-state index contributed by atoms with van der Waals surface area (Å²) in [5.74, 6) is -0.258. The van der Waals surface area contributed by atoms with Gasteiger partial charge in [-0.1, -0.05) is 30.3 Å². The van der Waals surface area contributed by atoms with E-state index in [1.807, 2.05) is 24.3 Å². The predicted octanol–water partition coefficient (Wildman–Crippen LogP) is 3.86. The molecule has 0 saturated heterocycles. The van der Waals surface area contributed by atoms with E-state index >= 15 is 0 Å². The van der Waals surface area contributed by atoms with Crippen LogP contribution in [0.3, 0.4) is 0 Å². The van der Waals surface area contributed by atoms with E-state index < -0.39 is 0 Å². The normalized spacial score (nSPS) is 10.3. The van der Waals surface area contributed by atoms with Gasteiger partial charge in [-0.2, -0.15) is 5.26 Å². The van der Waals surface area contributed by atoms with Crippen molar-refractivity contribution < 1.29 is 4.39 Å². The second kappa shape index (κ2) is 5.59.